The maximum atomic E-state index is 16.3. The molecule has 3 aromatic carbocycles. The summed E-state index contributed by atoms with van der Waals surface area (Å²) in [6.45, 7) is 2.63. The van der Waals surface area contributed by atoms with E-state index in [1.807, 2.05) is 47.4 Å². The van der Waals surface area contributed by atoms with Crippen LogP contribution >= 0.6 is 23.2 Å². The topological polar surface area (TPSA) is 67.8 Å². The van der Waals surface area contributed by atoms with Crippen LogP contribution in [-0.4, -0.2) is 73.2 Å². The number of alkyl halides is 1. The van der Waals surface area contributed by atoms with Crippen molar-refractivity contribution in [2.75, 3.05) is 57.3 Å². The maximum absolute atomic E-state index is 16.3. The molecule has 37 heavy (non-hydrogen) atoms. The first-order chi connectivity index (χ1) is 18.0. The molecule has 7 nitrogen and oxygen atoms in total. The third-order valence-electron chi connectivity index (χ3n) is 6.41. The molecule has 0 unspecified atom stereocenters. The Morgan fingerprint density at radius 3 is 2.68 bits per heavy atom. The number of ether oxygens (including phenoxy) is 2. The second kappa shape index (κ2) is 11.0. The van der Waals surface area contributed by atoms with Crippen LogP contribution in [0.2, 0.25) is 5.02 Å². The number of anilines is 1. The number of halogens is 3. The van der Waals surface area contributed by atoms with E-state index in [4.69, 9.17) is 32.7 Å². The molecule has 1 amide bonds. The van der Waals surface area contributed by atoms with Crippen LogP contribution in [0.3, 0.4) is 0 Å². The Bertz CT molecular complexity index is 1460. The molecular formula is C27H25Cl2FN4O3. The van der Waals surface area contributed by atoms with Crippen molar-refractivity contribution in [2.45, 2.75) is 0 Å². The zero-order valence-corrected chi connectivity index (χ0v) is 21.7. The molecule has 1 saturated heterocycles. The summed E-state index contributed by atoms with van der Waals surface area (Å²) in [6, 6.07) is 15.2. The molecule has 0 bridgehead atoms. The molecule has 4 aromatic rings. The lowest BCUT2D eigenvalue weighted by Gasteiger charge is -2.29. The largest absolute Gasteiger partial charge is 0.462 e. The van der Waals surface area contributed by atoms with Gasteiger partial charge in [0.2, 0.25) is 5.91 Å². The smallest absolute Gasteiger partial charge is 0.319 e. The highest BCUT2D eigenvalue weighted by Gasteiger charge is 2.24. The van der Waals surface area contributed by atoms with Crippen LogP contribution in [0.5, 0.6) is 6.01 Å². The predicted molar refractivity (Wildman–Crippen MR) is 144 cm³/mol. The van der Waals surface area contributed by atoms with Crippen molar-refractivity contribution in [3.63, 3.8) is 0 Å². The van der Waals surface area contributed by atoms with Gasteiger partial charge >= 0.3 is 6.01 Å². The number of morpholine rings is 1. The molecule has 0 spiro atoms. The fourth-order valence-corrected chi connectivity index (χ4v) is 4.93. The number of nitrogens with zero attached hydrogens (tertiary/aromatic N) is 4. The average molecular weight is 543 g/mol. The van der Waals surface area contributed by atoms with E-state index in [-0.39, 0.29) is 47.1 Å². The molecule has 192 valence electrons. The van der Waals surface area contributed by atoms with Gasteiger partial charge in [0, 0.05) is 31.1 Å². The van der Waals surface area contributed by atoms with Gasteiger partial charge in [-0.2, -0.15) is 9.97 Å². The Morgan fingerprint density at radius 1 is 1.14 bits per heavy atom. The van der Waals surface area contributed by atoms with E-state index in [1.54, 1.807) is 13.1 Å². The number of hydrogen-bond donors (Lipinski definition) is 0. The number of fused-ring (bicyclic) bond motifs is 2. The fraction of sp³-hybridized carbons (Fsp3) is 0.296. The van der Waals surface area contributed by atoms with Gasteiger partial charge < -0.3 is 19.3 Å². The Hall–Kier alpha value is -3.20. The number of carbonyl (C=O) groups excluding carboxylic acids is 1. The zero-order valence-electron chi connectivity index (χ0n) is 20.2. The number of amides is 1. The first kappa shape index (κ1) is 25.4. The van der Waals surface area contributed by atoms with Crippen LogP contribution in [-0.2, 0) is 9.53 Å². The fourth-order valence-electron chi connectivity index (χ4n) is 4.43. The van der Waals surface area contributed by atoms with E-state index in [0.717, 1.165) is 10.8 Å². The summed E-state index contributed by atoms with van der Waals surface area (Å²) < 4.78 is 27.6. The summed E-state index contributed by atoms with van der Waals surface area (Å²) in [5.74, 6) is -0.361. The molecule has 0 N–H and O–H groups in total. The molecule has 10 heteroatoms. The molecule has 1 fully saturated rings. The lowest BCUT2D eigenvalue weighted by atomic mass is 9.96. The van der Waals surface area contributed by atoms with Gasteiger partial charge in [0.1, 0.15) is 23.8 Å². The second-order valence-corrected chi connectivity index (χ2v) is 9.37. The molecule has 0 aliphatic carbocycles. The molecule has 0 saturated carbocycles. The van der Waals surface area contributed by atoms with E-state index in [0.29, 0.717) is 43.1 Å². The Balaban J connectivity index is 1.62. The molecular weight excluding hydrogens is 518 g/mol. The van der Waals surface area contributed by atoms with Crippen LogP contribution in [0.4, 0.5) is 10.2 Å². The van der Waals surface area contributed by atoms with Gasteiger partial charge in [0.05, 0.1) is 24.8 Å². The summed E-state index contributed by atoms with van der Waals surface area (Å²) >= 11 is 12.4. The van der Waals surface area contributed by atoms with Crippen molar-refractivity contribution >= 4 is 56.6 Å². The van der Waals surface area contributed by atoms with Crippen LogP contribution in [0.15, 0.2) is 48.5 Å². The lowest BCUT2D eigenvalue weighted by molar-refractivity contribution is -0.127. The highest BCUT2D eigenvalue weighted by atomic mass is 35.5. The number of aromatic nitrogens is 2. The summed E-state index contributed by atoms with van der Waals surface area (Å²) in [6.07, 6.45) is 0. The van der Waals surface area contributed by atoms with E-state index in [2.05, 4.69) is 9.97 Å². The zero-order chi connectivity index (χ0) is 25.9. The molecule has 0 radical (unpaired) electrons. The summed E-state index contributed by atoms with van der Waals surface area (Å²) in [7, 11) is 1.63. The van der Waals surface area contributed by atoms with Crippen molar-refractivity contribution in [2.24, 2.45) is 0 Å². The normalized spacial score (nSPS) is 13.8. The van der Waals surface area contributed by atoms with Crippen molar-refractivity contribution in [3.05, 3.63) is 59.4 Å². The standard InChI is InChI=1S/C27H25Cl2FN4O3/c1-33(22(35)16-28)9-14-37-27-31-25-20(26(32-27)34-10-12-36-13-11-34)15-21(29)23(24(25)30)19-8-4-6-17-5-2-3-7-18(17)19/h2-8,15H,9-14,16H2,1H3. The molecule has 5 rings (SSSR count). The van der Waals surface area contributed by atoms with Crippen LogP contribution in [0.1, 0.15) is 0 Å². The van der Waals surface area contributed by atoms with Crippen molar-refractivity contribution in [1.82, 2.24) is 14.9 Å². The van der Waals surface area contributed by atoms with E-state index >= 15 is 4.39 Å². The number of hydrogen-bond acceptors (Lipinski definition) is 6. The van der Waals surface area contributed by atoms with Crippen LogP contribution < -0.4 is 9.64 Å². The maximum Gasteiger partial charge on any atom is 0.319 e. The Kier molecular flexibility index (Phi) is 7.60. The van der Waals surface area contributed by atoms with Crippen LogP contribution in [0, 0.1) is 5.82 Å². The van der Waals surface area contributed by atoms with Gasteiger partial charge in [-0.05, 0) is 22.4 Å². The molecule has 1 aliphatic heterocycles. The quantitative estimate of drug-likeness (QED) is 0.300. The number of rotatable bonds is 7. The van der Waals surface area contributed by atoms with Crippen molar-refractivity contribution in [1.29, 1.82) is 0 Å². The van der Waals surface area contributed by atoms with Gasteiger partial charge in [-0.1, -0.05) is 54.1 Å². The Morgan fingerprint density at radius 2 is 1.89 bits per heavy atom. The van der Waals surface area contributed by atoms with E-state index in [1.165, 1.54) is 4.90 Å². The minimum absolute atomic E-state index is 0.0193. The third-order valence-corrected chi connectivity index (χ3v) is 6.94. The third kappa shape index (κ3) is 5.14. The van der Waals surface area contributed by atoms with Crippen molar-refractivity contribution in [3.8, 4) is 17.1 Å². The van der Waals surface area contributed by atoms with Gasteiger partial charge in [0.15, 0.2) is 5.82 Å². The highest BCUT2D eigenvalue weighted by Crippen LogP contribution is 2.41. The first-order valence-electron chi connectivity index (χ1n) is 11.9. The molecule has 0 atom stereocenters. The molecule has 1 aliphatic rings. The minimum Gasteiger partial charge on any atom is -0.462 e. The SMILES string of the molecule is CN(CCOc1nc(N2CCOCC2)c2cc(Cl)c(-c3cccc4ccccc34)c(F)c2n1)C(=O)CCl. The van der Waals surface area contributed by atoms with Crippen LogP contribution in [0.25, 0.3) is 32.8 Å². The van der Waals surface area contributed by atoms with Crippen molar-refractivity contribution < 1.29 is 18.7 Å². The number of carbonyl (C=O) groups is 1. The summed E-state index contributed by atoms with van der Waals surface area (Å²) in [5.41, 5.74) is 1.07. The molecule has 2 heterocycles. The minimum atomic E-state index is -0.546. The summed E-state index contributed by atoms with van der Waals surface area (Å²) in [5, 5.41) is 2.63. The number of likely N-dealkylation sites (N-methyl/N-ethyl adjacent to an activating group) is 1. The van der Waals surface area contributed by atoms with Gasteiger partial charge in [-0.25, -0.2) is 4.39 Å². The average Bonchev–Trinajstić information content (AvgIpc) is 2.93. The van der Waals surface area contributed by atoms with Gasteiger partial charge in [0.25, 0.3) is 0 Å². The Labute approximate surface area is 223 Å². The highest BCUT2D eigenvalue weighted by molar-refractivity contribution is 6.35. The lowest BCUT2D eigenvalue weighted by Crippen LogP contribution is -2.37. The monoisotopic (exact) mass is 542 g/mol. The van der Waals surface area contributed by atoms with E-state index in [9.17, 15) is 4.79 Å². The first-order valence-corrected chi connectivity index (χ1v) is 12.8. The predicted octanol–water partition coefficient (Wildman–Crippen LogP) is 5.16. The van der Waals surface area contributed by atoms with Gasteiger partial charge in [-0.3, -0.25) is 4.79 Å². The van der Waals surface area contributed by atoms with Gasteiger partial charge in [-0.15, -0.1) is 11.6 Å². The summed E-state index contributed by atoms with van der Waals surface area (Å²) in [4.78, 5) is 24.3. The number of benzene rings is 3. The second-order valence-electron chi connectivity index (χ2n) is 8.70. The molecule has 1 aromatic heterocycles. The van der Waals surface area contributed by atoms with E-state index < -0.39 is 5.82 Å².